The van der Waals surface area contributed by atoms with Gasteiger partial charge in [0.25, 0.3) is 5.22 Å². The highest BCUT2D eigenvalue weighted by atomic mass is 32.2. The van der Waals surface area contributed by atoms with Gasteiger partial charge in [-0.15, -0.1) is 10.2 Å². The van der Waals surface area contributed by atoms with E-state index in [9.17, 15) is 9.90 Å². The first-order valence-corrected chi connectivity index (χ1v) is 8.09. The molecule has 9 heteroatoms. The number of ether oxygens (including phenoxy) is 3. The molecule has 0 unspecified atom stereocenters. The van der Waals surface area contributed by atoms with Crippen LogP contribution >= 0.6 is 11.8 Å². The number of methoxy groups -OCH3 is 3. The molecule has 0 saturated carbocycles. The number of hydrogen-bond donors (Lipinski definition) is 1. The summed E-state index contributed by atoms with van der Waals surface area (Å²) in [5.74, 6) is 0.528. The predicted molar refractivity (Wildman–Crippen MR) is 91.2 cm³/mol. The second-order valence-electron chi connectivity index (χ2n) is 4.65. The van der Waals surface area contributed by atoms with E-state index in [-0.39, 0.29) is 10.1 Å². The van der Waals surface area contributed by atoms with Crippen LogP contribution in [0.25, 0.3) is 6.08 Å². The van der Waals surface area contributed by atoms with Gasteiger partial charge >= 0.3 is 5.97 Å². The van der Waals surface area contributed by atoms with Gasteiger partial charge in [0.15, 0.2) is 11.5 Å². The average molecular weight is 366 g/mol. The summed E-state index contributed by atoms with van der Waals surface area (Å²) < 4.78 is 21.2. The van der Waals surface area contributed by atoms with Crippen molar-refractivity contribution in [3.63, 3.8) is 0 Å². The monoisotopic (exact) mass is 366 g/mol. The second kappa shape index (κ2) is 8.43. The Morgan fingerprint density at radius 3 is 2.44 bits per heavy atom. The van der Waals surface area contributed by atoms with Gasteiger partial charge in [0, 0.05) is 12.0 Å². The van der Waals surface area contributed by atoms with Crippen molar-refractivity contribution in [3.8, 4) is 17.2 Å². The number of rotatable bonds is 8. The first kappa shape index (κ1) is 18.7. The Morgan fingerprint density at radius 2 is 1.92 bits per heavy atom. The van der Waals surface area contributed by atoms with E-state index in [4.69, 9.17) is 18.6 Å². The largest absolute Gasteiger partial charge is 0.493 e. The van der Waals surface area contributed by atoms with Crippen LogP contribution in [0.1, 0.15) is 18.4 Å². The lowest BCUT2D eigenvalue weighted by Gasteiger charge is -2.14. The summed E-state index contributed by atoms with van der Waals surface area (Å²) in [6.07, 6.45) is 2.02. The molecule has 0 aliphatic carbocycles. The quantitative estimate of drug-likeness (QED) is 0.558. The van der Waals surface area contributed by atoms with Crippen molar-refractivity contribution >= 4 is 23.8 Å². The van der Waals surface area contributed by atoms with Gasteiger partial charge in [0.05, 0.1) is 21.3 Å². The number of aliphatic carboxylic acids is 1. The van der Waals surface area contributed by atoms with E-state index in [0.29, 0.717) is 35.1 Å². The Morgan fingerprint density at radius 1 is 1.20 bits per heavy atom. The fraction of sp³-hybridized carbons (Fsp3) is 0.312. The molecule has 134 valence electrons. The number of carboxylic acid groups (broad SMARTS) is 1. The molecule has 0 bridgehead atoms. The Hall–Kier alpha value is -2.68. The number of nitrogens with zero attached hydrogens (tertiary/aromatic N) is 2. The topological polar surface area (TPSA) is 104 Å². The maximum Gasteiger partial charge on any atom is 0.342 e. The molecule has 0 fully saturated rings. The van der Waals surface area contributed by atoms with Crippen LogP contribution in [0.15, 0.2) is 26.7 Å². The Bertz CT molecular complexity index is 787. The molecule has 0 saturated heterocycles. The molecule has 8 nitrogen and oxygen atoms in total. The van der Waals surface area contributed by atoms with Gasteiger partial charge < -0.3 is 23.7 Å². The molecule has 2 aromatic rings. The van der Waals surface area contributed by atoms with Gasteiger partial charge in [-0.1, -0.05) is 6.92 Å². The zero-order valence-electron chi connectivity index (χ0n) is 14.2. The van der Waals surface area contributed by atoms with Crippen molar-refractivity contribution in [2.45, 2.75) is 18.6 Å². The van der Waals surface area contributed by atoms with Crippen LogP contribution in [-0.2, 0) is 11.2 Å². The maximum absolute atomic E-state index is 11.6. The molecule has 0 radical (unpaired) electrons. The second-order valence-corrected chi connectivity index (χ2v) is 5.65. The van der Waals surface area contributed by atoms with Gasteiger partial charge in [0.2, 0.25) is 11.6 Å². The van der Waals surface area contributed by atoms with Crippen molar-refractivity contribution in [1.29, 1.82) is 0 Å². The molecule has 2 rings (SSSR count). The number of carbonyl (C=O) groups is 1. The fourth-order valence-electron chi connectivity index (χ4n) is 2.03. The van der Waals surface area contributed by atoms with Crippen molar-refractivity contribution < 1.29 is 28.5 Å². The maximum atomic E-state index is 11.6. The molecule has 1 N–H and O–H groups in total. The zero-order valence-corrected chi connectivity index (χ0v) is 15.0. The highest BCUT2D eigenvalue weighted by molar-refractivity contribution is 8.03. The lowest BCUT2D eigenvalue weighted by atomic mass is 10.1. The Kier molecular flexibility index (Phi) is 6.29. The molecule has 0 spiro atoms. The van der Waals surface area contributed by atoms with Crippen LogP contribution in [0, 0.1) is 0 Å². The lowest BCUT2D eigenvalue weighted by molar-refractivity contribution is -0.131. The Labute approximate surface area is 148 Å². The van der Waals surface area contributed by atoms with Gasteiger partial charge in [-0.25, -0.2) is 4.79 Å². The number of aryl methyl sites for hydroxylation is 1. The number of carboxylic acids is 1. The van der Waals surface area contributed by atoms with E-state index in [0.717, 1.165) is 11.8 Å². The summed E-state index contributed by atoms with van der Waals surface area (Å²) in [6.45, 7) is 1.87. The van der Waals surface area contributed by atoms with Crippen LogP contribution in [0.2, 0.25) is 0 Å². The number of benzene rings is 1. The minimum Gasteiger partial charge on any atom is -0.493 e. The number of hydrogen-bond acceptors (Lipinski definition) is 8. The molecule has 1 aromatic carbocycles. The number of thioether (sulfide) groups is 1. The van der Waals surface area contributed by atoms with Crippen molar-refractivity contribution in [2.24, 2.45) is 0 Å². The summed E-state index contributed by atoms with van der Waals surface area (Å²) in [5, 5.41) is 17.3. The van der Waals surface area contributed by atoms with Gasteiger partial charge in [-0.2, -0.15) is 0 Å². The normalized spacial score (nSPS) is 11.3. The van der Waals surface area contributed by atoms with E-state index in [2.05, 4.69) is 10.2 Å². The summed E-state index contributed by atoms with van der Waals surface area (Å²) in [6, 6.07) is 3.34. The van der Waals surface area contributed by atoms with Crippen LogP contribution in [0.3, 0.4) is 0 Å². The standard InChI is InChI=1S/C16H18N2O6S/c1-5-12-17-18-16(24-12)25-11(15(19)20)8-9-6-7-10(21-2)14(23-4)13(9)22-3/h6-8H,5H2,1-4H3,(H,19,20)/b11-8-. The summed E-state index contributed by atoms with van der Waals surface area (Å²) in [7, 11) is 4.45. The predicted octanol–water partition coefficient (Wildman–Crippen LogP) is 2.88. The zero-order chi connectivity index (χ0) is 18.4. The van der Waals surface area contributed by atoms with Crippen molar-refractivity contribution in [1.82, 2.24) is 10.2 Å². The SMILES string of the molecule is CCc1nnc(S/C(=C\c2ccc(OC)c(OC)c2OC)C(=O)O)o1. The van der Waals surface area contributed by atoms with E-state index >= 15 is 0 Å². The molecule has 1 aromatic heterocycles. The lowest BCUT2D eigenvalue weighted by Crippen LogP contribution is -1.99. The van der Waals surface area contributed by atoms with E-state index in [1.807, 2.05) is 6.92 Å². The number of aromatic nitrogens is 2. The molecule has 0 amide bonds. The molecule has 0 aliphatic heterocycles. The van der Waals surface area contributed by atoms with Crippen LogP contribution in [-0.4, -0.2) is 42.6 Å². The van der Waals surface area contributed by atoms with Crippen LogP contribution < -0.4 is 14.2 Å². The minimum absolute atomic E-state index is 0.00294. The molecule has 0 aliphatic rings. The summed E-state index contributed by atoms with van der Waals surface area (Å²) >= 11 is 0.864. The molecule has 0 atom stereocenters. The van der Waals surface area contributed by atoms with E-state index < -0.39 is 5.97 Å². The molecular formula is C16H18N2O6S. The highest BCUT2D eigenvalue weighted by Gasteiger charge is 2.19. The highest BCUT2D eigenvalue weighted by Crippen LogP contribution is 2.41. The first-order valence-electron chi connectivity index (χ1n) is 7.28. The molecular weight excluding hydrogens is 348 g/mol. The summed E-state index contributed by atoms with van der Waals surface area (Å²) in [4.78, 5) is 11.6. The molecule has 25 heavy (non-hydrogen) atoms. The third-order valence-corrected chi connectivity index (χ3v) is 4.03. The Balaban J connectivity index is 2.44. The smallest absolute Gasteiger partial charge is 0.342 e. The van der Waals surface area contributed by atoms with Crippen LogP contribution in [0.4, 0.5) is 0 Å². The van der Waals surface area contributed by atoms with E-state index in [1.165, 1.54) is 27.4 Å². The van der Waals surface area contributed by atoms with Crippen molar-refractivity contribution in [2.75, 3.05) is 21.3 Å². The minimum atomic E-state index is -1.13. The van der Waals surface area contributed by atoms with Crippen molar-refractivity contribution in [3.05, 3.63) is 28.5 Å². The van der Waals surface area contributed by atoms with Gasteiger partial charge in [-0.05, 0) is 30.0 Å². The van der Waals surface area contributed by atoms with Gasteiger partial charge in [-0.3, -0.25) is 0 Å². The van der Waals surface area contributed by atoms with Gasteiger partial charge in [0.1, 0.15) is 4.91 Å². The first-order chi connectivity index (χ1) is 12.0. The third kappa shape index (κ3) is 4.24. The molecule has 1 heterocycles. The summed E-state index contributed by atoms with van der Waals surface area (Å²) in [5.41, 5.74) is 0.514. The third-order valence-electron chi connectivity index (χ3n) is 3.18. The van der Waals surface area contributed by atoms with E-state index in [1.54, 1.807) is 12.1 Å². The fourth-order valence-corrected chi connectivity index (χ4v) is 2.71. The van der Waals surface area contributed by atoms with Crippen LogP contribution in [0.5, 0.6) is 17.2 Å². The average Bonchev–Trinajstić information content (AvgIpc) is 3.07.